The monoisotopic (exact) mass is 553 g/mol. The van der Waals surface area contributed by atoms with Gasteiger partial charge in [0.05, 0.1) is 11.9 Å². The van der Waals surface area contributed by atoms with E-state index in [0.717, 1.165) is 59.0 Å². The maximum Gasteiger partial charge on any atom is 0.257 e. The average molecular weight is 554 g/mol. The van der Waals surface area contributed by atoms with Crippen LogP contribution in [0.4, 0.5) is 11.5 Å². The summed E-state index contributed by atoms with van der Waals surface area (Å²) in [6, 6.07) is 16.3. The molecule has 3 N–H and O–H groups in total. The van der Waals surface area contributed by atoms with Gasteiger partial charge in [0, 0.05) is 60.7 Å². The van der Waals surface area contributed by atoms with Crippen LogP contribution in [0.2, 0.25) is 0 Å². The van der Waals surface area contributed by atoms with Crippen molar-refractivity contribution in [1.82, 2.24) is 30.4 Å². The molecule has 2 aromatic carbocycles. The molecule has 0 spiro atoms. The van der Waals surface area contributed by atoms with Gasteiger partial charge in [-0.15, -0.1) is 0 Å². The van der Waals surface area contributed by atoms with Crippen molar-refractivity contribution in [3.05, 3.63) is 72.2 Å². The van der Waals surface area contributed by atoms with E-state index in [1.54, 1.807) is 0 Å². The van der Waals surface area contributed by atoms with E-state index < -0.39 is 0 Å². The lowest BCUT2D eigenvalue weighted by atomic mass is 9.97. The summed E-state index contributed by atoms with van der Waals surface area (Å²) in [5, 5.41) is 13.4. The zero-order chi connectivity index (χ0) is 29.0. The van der Waals surface area contributed by atoms with E-state index in [2.05, 4.69) is 84.6 Å². The minimum atomic E-state index is -0.143. The first-order valence-corrected chi connectivity index (χ1v) is 14.1. The quantitative estimate of drug-likeness (QED) is 0.248. The SMILES string of the molecule is CC(C)N1CCc2nc(-c3cccc(OCC(=O)NCC(C)(C)C)c3)nc(Nc3ccc(-c4cn[nH]c4)cc3)c2C1. The molecular weight excluding hydrogens is 514 g/mol. The zero-order valence-electron chi connectivity index (χ0n) is 24.5. The molecular formula is C32H39N7O2. The highest BCUT2D eigenvalue weighted by Crippen LogP contribution is 2.31. The highest BCUT2D eigenvalue weighted by Gasteiger charge is 2.24. The first-order valence-electron chi connectivity index (χ1n) is 14.1. The summed E-state index contributed by atoms with van der Waals surface area (Å²) >= 11 is 0. The van der Waals surface area contributed by atoms with Crippen LogP contribution < -0.4 is 15.4 Å². The molecule has 0 fully saturated rings. The van der Waals surface area contributed by atoms with Crippen LogP contribution >= 0.6 is 0 Å². The van der Waals surface area contributed by atoms with Crippen LogP contribution in [0.5, 0.6) is 5.75 Å². The molecule has 0 atom stereocenters. The number of hydrogen-bond acceptors (Lipinski definition) is 7. The highest BCUT2D eigenvalue weighted by molar-refractivity contribution is 5.77. The Morgan fingerprint density at radius 3 is 2.59 bits per heavy atom. The third kappa shape index (κ3) is 7.29. The summed E-state index contributed by atoms with van der Waals surface area (Å²) in [5.74, 6) is 1.89. The number of nitrogens with one attached hydrogen (secondary N) is 3. The van der Waals surface area contributed by atoms with Crippen molar-refractivity contribution in [2.45, 2.75) is 53.6 Å². The van der Waals surface area contributed by atoms with Crippen molar-refractivity contribution in [1.29, 1.82) is 0 Å². The number of rotatable bonds is 9. The Bertz CT molecular complexity index is 1480. The maximum atomic E-state index is 12.3. The fraction of sp³-hybridized carbons (Fsp3) is 0.375. The second-order valence-corrected chi connectivity index (χ2v) is 12.0. The number of hydrogen-bond donors (Lipinski definition) is 3. The first kappa shape index (κ1) is 28.3. The number of amides is 1. The Labute approximate surface area is 241 Å². The van der Waals surface area contributed by atoms with E-state index in [4.69, 9.17) is 14.7 Å². The number of carbonyl (C=O) groups is 1. The van der Waals surface area contributed by atoms with Crippen LogP contribution in [0.25, 0.3) is 22.5 Å². The minimum Gasteiger partial charge on any atom is -0.484 e. The van der Waals surface area contributed by atoms with E-state index in [-0.39, 0.29) is 17.9 Å². The van der Waals surface area contributed by atoms with E-state index in [0.29, 0.717) is 24.2 Å². The Hall–Kier alpha value is -4.24. The van der Waals surface area contributed by atoms with E-state index >= 15 is 0 Å². The molecule has 214 valence electrons. The number of ether oxygens (including phenoxy) is 1. The summed E-state index contributed by atoms with van der Waals surface area (Å²) in [6.45, 7) is 13.0. The van der Waals surface area contributed by atoms with Crippen LogP contribution in [0.15, 0.2) is 60.9 Å². The van der Waals surface area contributed by atoms with Gasteiger partial charge in [0.1, 0.15) is 11.6 Å². The van der Waals surface area contributed by atoms with Gasteiger partial charge in [0.15, 0.2) is 12.4 Å². The number of benzene rings is 2. The minimum absolute atomic E-state index is 0.0131. The predicted molar refractivity (Wildman–Crippen MR) is 162 cm³/mol. The summed E-state index contributed by atoms with van der Waals surface area (Å²) in [4.78, 5) is 24.7. The fourth-order valence-electron chi connectivity index (χ4n) is 4.69. The summed E-state index contributed by atoms with van der Waals surface area (Å²) < 4.78 is 5.82. The van der Waals surface area contributed by atoms with Crippen LogP contribution in [0, 0.1) is 5.41 Å². The molecule has 0 bridgehead atoms. The van der Waals surface area contributed by atoms with Gasteiger partial charge in [-0.25, -0.2) is 9.97 Å². The molecule has 9 heteroatoms. The number of H-pyrrole nitrogens is 1. The van der Waals surface area contributed by atoms with Gasteiger partial charge in [0.25, 0.3) is 5.91 Å². The number of aromatic nitrogens is 4. The lowest BCUT2D eigenvalue weighted by molar-refractivity contribution is -0.123. The molecule has 1 aliphatic rings. The van der Waals surface area contributed by atoms with Gasteiger partial charge in [-0.3, -0.25) is 14.8 Å². The van der Waals surface area contributed by atoms with E-state index in [9.17, 15) is 4.79 Å². The first-order chi connectivity index (χ1) is 19.6. The third-order valence-electron chi connectivity index (χ3n) is 7.08. The van der Waals surface area contributed by atoms with Crippen molar-refractivity contribution in [2.75, 3.05) is 25.0 Å². The molecule has 0 saturated heterocycles. The van der Waals surface area contributed by atoms with E-state index in [1.165, 1.54) is 0 Å². The molecule has 0 radical (unpaired) electrons. The topological polar surface area (TPSA) is 108 Å². The Morgan fingerprint density at radius 2 is 1.88 bits per heavy atom. The molecule has 0 unspecified atom stereocenters. The van der Waals surface area contributed by atoms with Crippen LogP contribution in [0.1, 0.15) is 45.9 Å². The molecule has 0 aliphatic carbocycles. The highest BCUT2D eigenvalue weighted by atomic mass is 16.5. The molecule has 1 amide bonds. The molecule has 5 rings (SSSR count). The van der Waals surface area contributed by atoms with Gasteiger partial charge in [-0.2, -0.15) is 5.10 Å². The molecule has 9 nitrogen and oxygen atoms in total. The summed E-state index contributed by atoms with van der Waals surface area (Å²) in [5.41, 5.74) is 6.10. The molecule has 0 saturated carbocycles. The fourth-order valence-corrected chi connectivity index (χ4v) is 4.69. The standard InChI is InChI=1S/C32H39N7O2/c1-21(2)39-14-13-28-27(18-39)31(36-25-11-9-22(10-12-25)24-16-34-35-17-24)38-30(37-28)23-7-6-8-26(15-23)41-19-29(40)33-20-32(3,4)5/h6-12,15-17,21H,13-14,18-20H2,1-5H3,(H,33,40)(H,34,35)(H,36,37,38). The average Bonchev–Trinajstić information content (AvgIpc) is 3.50. The number of nitrogens with zero attached hydrogens (tertiary/aromatic N) is 4. The van der Waals surface area contributed by atoms with Gasteiger partial charge in [-0.05, 0) is 49.1 Å². The molecule has 41 heavy (non-hydrogen) atoms. The second-order valence-electron chi connectivity index (χ2n) is 12.0. The molecule has 4 aromatic rings. The maximum absolute atomic E-state index is 12.3. The molecule has 2 aromatic heterocycles. The van der Waals surface area contributed by atoms with Crippen molar-refractivity contribution in [3.63, 3.8) is 0 Å². The summed E-state index contributed by atoms with van der Waals surface area (Å²) in [6.07, 6.45) is 4.54. The number of aromatic amines is 1. The smallest absolute Gasteiger partial charge is 0.257 e. The number of fused-ring (bicyclic) bond motifs is 1. The van der Waals surface area contributed by atoms with Gasteiger partial charge in [-0.1, -0.05) is 45.0 Å². The Balaban J connectivity index is 1.39. The zero-order valence-corrected chi connectivity index (χ0v) is 24.5. The lowest BCUT2D eigenvalue weighted by Gasteiger charge is -2.32. The van der Waals surface area contributed by atoms with Gasteiger partial charge < -0.3 is 15.4 Å². The molecule has 1 aliphatic heterocycles. The van der Waals surface area contributed by atoms with Gasteiger partial charge >= 0.3 is 0 Å². The number of anilines is 2. The Morgan fingerprint density at radius 1 is 1.07 bits per heavy atom. The van der Waals surface area contributed by atoms with Crippen LogP contribution in [0.3, 0.4) is 0 Å². The van der Waals surface area contributed by atoms with Gasteiger partial charge in [0.2, 0.25) is 0 Å². The summed E-state index contributed by atoms with van der Waals surface area (Å²) in [7, 11) is 0. The van der Waals surface area contributed by atoms with E-state index in [1.807, 2.05) is 36.7 Å². The number of carbonyl (C=O) groups excluding carboxylic acids is 1. The second kappa shape index (κ2) is 12.1. The normalized spacial score (nSPS) is 13.6. The lowest BCUT2D eigenvalue weighted by Crippen LogP contribution is -2.37. The third-order valence-corrected chi connectivity index (χ3v) is 7.08. The van der Waals surface area contributed by atoms with Crippen molar-refractivity contribution < 1.29 is 9.53 Å². The Kier molecular flexibility index (Phi) is 8.35. The van der Waals surface area contributed by atoms with Crippen molar-refractivity contribution >= 4 is 17.4 Å². The van der Waals surface area contributed by atoms with Crippen LogP contribution in [-0.2, 0) is 17.8 Å². The van der Waals surface area contributed by atoms with Crippen molar-refractivity contribution in [3.8, 4) is 28.3 Å². The molecule has 3 heterocycles. The van der Waals surface area contributed by atoms with Crippen molar-refractivity contribution in [2.24, 2.45) is 5.41 Å². The predicted octanol–water partition coefficient (Wildman–Crippen LogP) is 5.58. The van der Waals surface area contributed by atoms with Crippen LogP contribution in [-0.4, -0.2) is 56.7 Å². The largest absolute Gasteiger partial charge is 0.484 e.